The molecule has 0 saturated carbocycles. The van der Waals surface area contributed by atoms with Crippen molar-refractivity contribution in [3.63, 3.8) is 0 Å². The van der Waals surface area contributed by atoms with E-state index in [9.17, 15) is 9.90 Å². The predicted octanol–water partition coefficient (Wildman–Crippen LogP) is 7.29. The maximum absolute atomic E-state index is 11.2. The molecule has 0 bridgehead atoms. The number of aromatic nitrogens is 2. The van der Waals surface area contributed by atoms with Crippen molar-refractivity contribution in [2.24, 2.45) is 0 Å². The SMILES string of the molecule is CCOc1cccc2c3c(n(Cc4cccc(/C=C/c5ccc6ccc(Cl)cc6n5)c4)c12)CCN(CCC(=O)O)C3. The van der Waals surface area contributed by atoms with Gasteiger partial charge in [0.1, 0.15) is 5.75 Å². The summed E-state index contributed by atoms with van der Waals surface area (Å²) in [6.45, 7) is 5.46. The van der Waals surface area contributed by atoms with Gasteiger partial charge in [0.15, 0.2) is 0 Å². The summed E-state index contributed by atoms with van der Waals surface area (Å²) in [6, 6.07) is 24.7. The van der Waals surface area contributed by atoms with E-state index in [1.165, 1.54) is 22.2 Å². The molecule has 1 aliphatic rings. The molecular formula is C34H32ClN3O3. The second kappa shape index (κ2) is 11.8. The highest BCUT2D eigenvalue weighted by Gasteiger charge is 2.26. The smallest absolute Gasteiger partial charge is 0.304 e. The van der Waals surface area contributed by atoms with Gasteiger partial charge in [-0.05, 0) is 60.0 Å². The molecule has 6 nitrogen and oxygen atoms in total. The first-order valence-corrected chi connectivity index (χ1v) is 14.4. The molecule has 0 amide bonds. The summed E-state index contributed by atoms with van der Waals surface area (Å²) >= 11 is 6.17. The van der Waals surface area contributed by atoms with E-state index in [1.54, 1.807) is 0 Å². The molecule has 6 rings (SSSR count). The summed E-state index contributed by atoms with van der Waals surface area (Å²) in [6.07, 6.45) is 5.15. The van der Waals surface area contributed by atoms with Gasteiger partial charge in [-0.15, -0.1) is 0 Å². The van der Waals surface area contributed by atoms with E-state index < -0.39 is 5.97 Å². The van der Waals surface area contributed by atoms with Crippen LogP contribution < -0.4 is 4.74 Å². The molecule has 3 aromatic carbocycles. The zero-order chi connectivity index (χ0) is 28.3. The third-order valence-corrected chi connectivity index (χ3v) is 7.91. The fraction of sp³-hybridized carbons (Fsp3) is 0.235. The van der Waals surface area contributed by atoms with Gasteiger partial charge < -0.3 is 14.4 Å². The first-order valence-electron chi connectivity index (χ1n) is 14.0. The summed E-state index contributed by atoms with van der Waals surface area (Å²) in [5, 5.41) is 12.1. The lowest BCUT2D eigenvalue weighted by molar-refractivity contribution is -0.137. The monoisotopic (exact) mass is 565 g/mol. The average Bonchev–Trinajstić information content (AvgIpc) is 3.28. The lowest BCUT2D eigenvalue weighted by Crippen LogP contribution is -2.32. The van der Waals surface area contributed by atoms with Gasteiger partial charge in [-0.1, -0.05) is 60.1 Å². The largest absolute Gasteiger partial charge is 0.492 e. The number of hydrogen-bond donors (Lipinski definition) is 1. The fourth-order valence-corrected chi connectivity index (χ4v) is 5.94. The molecule has 1 N–H and O–H groups in total. The van der Waals surface area contributed by atoms with Gasteiger partial charge in [-0.25, -0.2) is 4.98 Å². The molecule has 2 aromatic heterocycles. The van der Waals surface area contributed by atoms with Crippen LogP contribution in [0.5, 0.6) is 5.75 Å². The lowest BCUT2D eigenvalue weighted by Gasteiger charge is -2.27. The predicted molar refractivity (Wildman–Crippen MR) is 166 cm³/mol. The van der Waals surface area contributed by atoms with Gasteiger partial charge >= 0.3 is 5.97 Å². The Kier molecular flexibility index (Phi) is 7.77. The standard InChI is InChI=1S/C34H32ClN3O3/c1-2-41-32-8-4-7-28-29-22-37(18-16-33(39)40)17-15-31(29)38(34(28)32)21-24-6-3-5-23(19-24)9-13-27-14-11-25-10-12-26(35)20-30(25)36-27/h3-14,19-20H,2,15-18,21-22H2,1H3,(H,39,40)/b13-9+. The van der Waals surface area contributed by atoms with Crippen molar-refractivity contribution < 1.29 is 14.6 Å². The van der Waals surface area contributed by atoms with E-state index in [1.807, 2.05) is 49.4 Å². The zero-order valence-electron chi connectivity index (χ0n) is 23.0. The van der Waals surface area contributed by atoms with E-state index in [0.29, 0.717) is 18.2 Å². The zero-order valence-corrected chi connectivity index (χ0v) is 23.8. The van der Waals surface area contributed by atoms with Gasteiger partial charge in [0.05, 0.1) is 29.8 Å². The van der Waals surface area contributed by atoms with Crippen molar-refractivity contribution in [2.45, 2.75) is 32.9 Å². The summed E-state index contributed by atoms with van der Waals surface area (Å²) in [4.78, 5) is 18.2. The van der Waals surface area contributed by atoms with E-state index >= 15 is 0 Å². The quantitative estimate of drug-likeness (QED) is 0.203. The van der Waals surface area contributed by atoms with Crippen LogP contribution in [0.15, 0.2) is 72.8 Å². The number of pyridine rings is 1. The maximum Gasteiger partial charge on any atom is 0.304 e. The van der Waals surface area contributed by atoms with E-state index in [-0.39, 0.29) is 6.42 Å². The number of benzene rings is 3. The number of nitrogens with zero attached hydrogens (tertiary/aromatic N) is 3. The van der Waals surface area contributed by atoms with E-state index in [2.05, 4.69) is 51.9 Å². The number of carboxylic acids is 1. The Morgan fingerprint density at radius 1 is 1.07 bits per heavy atom. The molecule has 5 aromatic rings. The molecule has 7 heteroatoms. The molecule has 41 heavy (non-hydrogen) atoms. The Bertz CT molecular complexity index is 1770. The highest BCUT2D eigenvalue weighted by atomic mass is 35.5. The second-order valence-electron chi connectivity index (χ2n) is 10.4. The normalized spacial score (nSPS) is 13.7. The van der Waals surface area contributed by atoms with Crippen LogP contribution in [-0.2, 0) is 24.3 Å². The summed E-state index contributed by atoms with van der Waals surface area (Å²) < 4.78 is 8.50. The van der Waals surface area contributed by atoms with Crippen molar-refractivity contribution in [3.8, 4) is 5.75 Å². The number of fused-ring (bicyclic) bond motifs is 4. The minimum absolute atomic E-state index is 0.154. The first-order chi connectivity index (χ1) is 20.0. The van der Waals surface area contributed by atoms with Gasteiger partial charge in [-0.2, -0.15) is 0 Å². The molecule has 3 heterocycles. The van der Waals surface area contributed by atoms with E-state index in [4.69, 9.17) is 21.3 Å². The van der Waals surface area contributed by atoms with Gasteiger partial charge in [0.25, 0.3) is 0 Å². The van der Waals surface area contributed by atoms with Crippen LogP contribution in [0.2, 0.25) is 5.02 Å². The maximum atomic E-state index is 11.2. The molecular weight excluding hydrogens is 534 g/mol. The third-order valence-electron chi connectivity index (χ3n) is 7.67. The Morgan fingerprint density at radius 2 is 1.93 bits per heavy atom. The Morgan fingerprint density at radius 3 is 2.78 bits per heavy atom. The molecule has 208 valence electrons. The fourth-order valence-electron chi connectivity index (χ4n) is 5.78. The number of halogens is 1. The van der Waals surface area contributed by atoms with Crippen molar-refractivity contribution in [2.75, 3.05) is 19.7 Å². The van der Waals surface area contributed by atoms with Crippen LogP contribution in [0.3, 0.4) is 0 Å². The van der Waals surface area contributed by atoms with Crippen LogP contribution in [0.25, 0.3) is 34.0 Å². The molecule has 0 aliphatic carbocycles. The molecule has 1 aliphatic heterocycles. The Labute approximate surface area is 244 Å². The van der Waals surface area contributed by atoms with Crippen molar-refractivity contribution in [1.82, 2.24) is 14.5 Å². The lowest BCUT2D eigenvalue weighted by atomic mass is 10.0. The van der Waals surface area contributed by atoms with E-state index in [0.717, 1.165) is 59.5 Å². The summed E-state index contributed by atoms with van der Waals surface area (Å²) in [5.41, 5.74) is 7.75. The van der Waals surface area contributed by atoms with Crippen LogP contribution in [0, 0.1) is 0 Å². The Balaban J connectivity index is 1.31. The number of hydrogen-bond acceptors (Lipinski definition) is 4. The Hall–Kier alpha value is -4.13. The first kappa shape index (κ1) is 27.1. The number of aliphatic carboxylic acids is 1. The molecule has 0 fully saturated rings. The number of carbonyl (C=O) groups is 1. The summed E-state index contributed by atoms with van der Waals surface area (Å²) in [7, 11) is 0. The number of rotatable bonds is 9. The molecule has 0 atom stereocenters. The number of para-hydroxylation sites is 1. The minimum atomic E-state index is -0.758. The van der Waals surface area contributed by atoms with Crippen molar-refractivity contribution in [3.05, 3.63) is 106 Å². The number of ether oxygens (including phenoxy) is 1. The van der Waals surface area contributed by atoms with Gasteiger partial charge in [-0.3, -0.25) is 9.69 Å². The topological polar surface area (TPSA) is 67.6 Å². The van der Waals surface area contributed by atoms with Crippen molar-refractivity contribution in [1.29, 1.82) is 0 Å². The number of carboxylic acid groups (broad SMARTS) is 1. The molecule has 0 saturated heterocycles. The van der Waals surface area contributed by atoms with Crippen LogP contribution in [-0.4, -0.2) is 45.2 Å². The minimum Gasteiger partial charge on any atom is -0.492 e. The average molecular weight is 566 g/mol. The second-order valence-corrected chi connectivity index (χ2v) is 10.9. The molecule has 0 unspecified atom stereocenters. The highest BCUT2D eigenvalue weighted by molar-refractivity contribution is 6.31. The van der Waals surface area contributed by atoms with Crippen LogP contribution in [0.4, 0.5) is 0 Å². The van der Waals surface area contributed by atoms with Crippen molar-refractivity contribution >= 4 is 51.5 Å². The van der Waals surface area contributed by atoms with Gasteiger partial charge in [0, 0.05) is 54.1 Å². The summed E-state index contributed by atoms with van der Waals surface area (Å²) in [5.74, 6) is 0.126. The molecule has 0 radical (unpaired) electrons. The van der Waals surface area contributed by atoms with Crippen LogP contribution >= 0.6 is 11.6 Å². The third kappa shape index (κ3) is 5.85. The van der Waals surface area contributed by atoms with Crippen LogP contribution in [0.1, 0.15) is 41.4 Å². The highest BCUT2D eigenvalue weighted by Crippen LogP contribution is 2.37. The van der Waals surface area contributed by atoms with Gasteiger partial charge in [0.2, 0.25) is 0 Å². The molecule has 0 spiro atoms.